The van der Waals surface area contributed by atoms with Gasteiger partial charge in [-0.25, -0.2) is 0 Å². The maximum Gasteiger partial charge on any atom is 0.261 e. The van der Waals surface area contributed by atoms with Crippen molar-refractivity contribution >= 4 is 37.8 Å². The molecule has 122 valence electrons. The van der Waals surface area contributed by atoms with Crippen molar-refractivity contribution in [3.63, 3.8) is 0 Å². The van der Waals surface area contributed by atoms with Crippen LogP contribution in [0.4, 0.5) is 0 Å². The van der Waals surface area contributed by atoms with Crippen LogP contribution in [0.1, 0.15) is 12.5 Å². The summed E-state index contributed by atoms with van der Waals surface area (Å²) in [5, 5.41) is 2.86. The Labute approximate surface area is 152 Å². The van der Waals surface area contributed by atoms with E-state index in [2.05, 4.69) is 37.2 Å². The van der Waals surface area contributed by atoms with Crippen LogP contribution in [0.15, 0.2) is 51.4 Å². The van der Waals surface area contributed by atoms with Gasteiger partial charge in [-0.1, -0.05) is 34.1 Å². The van der Waals surface area contributed by atoms with Gasteiger partial charge in [-0.2, -0.15) is 0 Å². The van der Waals surface area contributed by atoms with Gasteiger partial charge in [-0.15, -0.1) is 0 Å². The average molecular weight is 443 g/mol. The number of ether oxygens (including phenoxy) is 2. The summed E-state index contributed by atoms with van der Waals surface area (Å²) in [5.41, 5.74) is 0.917. The molecule has 0 saturated carbocycles. The van der Waals surface area contributed by atoms with Gasteiger partial charge < -0.3 is 14.8 Å². The van der Waals surface area contributed by atoms with Gasteiger partial charge in [0, 0.05) is 16.6 Å². The lowest BCUT2D eigenvalue weighted by Gasteiger charge is -2.16. The first-order chi connectivity index (χ1) is 11.0. The fourth-order valence-corrected chi connectivity index (χ4v) is 3.13. The number of methoxy groups -OCH3 is 1. The molecule has 23 heavy (non-hydrogen) atoms. The van der Waals surface area contributed by atoms with E-state index < -0.39 is 6.10 Å². The summed E-state index contributed by atoms with van der Waals surface area (Å²) in [7, 11) is 1.61. The Morgan fingerprint density at radius 1 is 1.17 bits per heavy atom. The van der Waals surface area contributed by atoms with Crippen LogP contribution in [0.25, 0.3) is 0 Å². The highest BCUT2D eigenvalue weighted by Crippen LogP contribution is 2.29. The second-order valence-corrected chi connectivity index (χ2v) is 6.63. The lowest BCUT2D eigenvalue weighted by Crippen LogP contribution is -2.36. The summed E-state index contributed by atoms with van der Waals surface area (Å²) in [4.78, 5) is 12.2. The van der Waals surface area contributed by atoms with Crippen LogP contribution >= 0.6 is 31.9 Å². The lowest BCUT2D eigenvalue weighted by atomic mass is 10.2. The third kappa shape index (κ3) is 4.97. The Bertz CT molecular complexity index is 691. The third-order valence-electron chi connectivity index (χ3n) is 3.21. The van der Waals surface area contributed by atoms with E-state index in [1.54, 1.807) is 20.1 Å². The number of hydrogen-bond donors (Lipinski definition) is 1. The van der Waals surface area contributed by atoms with Gasteiger partial charge in [-0.3, -0.25) is 4.79 Å². The molecule has 0 fully saturated rings. The molecule has 1 amide bonds. The molecule has 0 bridgehead atoms. The van der Waals surface area contributed by atoms with Crippen LogP contribution < -0.4 is 14.8 Å². The van der Waals surface area contributed by atoms with Crippen molar-refractivity contribution in [3.05, 3.63) is 57.0 Å². The van der Waals surface area contributed by atoms with Crippen molar-refractivity contribution < 1.29 is 14.3 Å². The summed E-state index contributed by atoms with van der Waals surface area (Å²) in [6.45, 7) is 2.10. The van der Waals surface area contributed by atoms with Crippen molar-refractivity contribution in [2.75, 3.05) is 7.11 Å². The Balaban J connectivity index is 1.95. The maximum absolute atomic E-state index is 12.2. The summed E-state index contributed by atoms with van der Waals surface area (Å²) < 4.78 is 12.7. The van der Waals surface area contributed by atoms with E-state index >= 15 is 0 Å². The van der Waals surface area contributed by atoms with E-state index in [9.17, 15) is 4.79 Å². The molecule has 2 rings (SSSR count). The van der Waals surface area contributed by atoms with Gasteiger partial charge in [0.2, 0.25) is 0 Å². The smallest absolute Gasteiger partial charge is 0.261 e. The SMILES string of the molecule is COc1ccccc1CNC(=O)C(C)Oc1ccc(Br)cc1Br. The molecule has 6 heteroatoms. The molecule has 0 aliphatic carbocycles. The van der Waals surface area contributed by atoms with E-state index in [-0.39, 0.29) is 5.91 Å². The Morgan fingerprint density at radius 3 is 2.61 bits per heavy atom. The van der Waals surface area contributed by atoms with Crippen LogP contribution in [-0.4, -0.2) is 19.1 Å². The molecule has 1 atom stereocenters. The number of halogens is 2. The standard InChI is InChI=1S/C17H17Br2NO3/c1-11(23-16-8-7-13(18)9-14(16)19)17(21)20-10-12-5-3-4-6-15(12)22-2/h3-9,11H,10H2,1-2H3,(H,20,21). The van der Waals surface area contributed by atoms with Crippen molar-refractivity contribution in [1.29, 1.82) is 0 Å². The molecule has 0 aliphatic rings. The monoisotopic (exact) mass is 441 g/mol. The van der Waals surface area contributed by atoms with Gasteiger partial charge in [0.1, 0.15) is 11.5 Å². The van der Waals surface area contributed by atoms with Gasteiger partial charge in [-0.05, 0) is 47.1 Å². The Hall–Kier alpha value is -1.53. The minimum absolute atomic E-state index is 0.189. The zero-order valence-corrected chi connectivity index (χ0v) is 16.0. The predicted molar refractivity (Wildman–Crippen MR) is 96.8 cm³/mol. The largest absolute Gasteiger partial charge is 0.496 e. The van der Waals surface area contributed by atoms with Crippen LogP contribution in [0.3, 0.4) is 0 Å². The molecule has 2 aromatic rings. The van der Waals surface area contributed by atoms with E-state index in [1.165, 1.54) is 0 Å². The number of rotatable bonds is 6. The minimum atomic E-state index is -0.609. The van der Waals surface area contributed by atoms with Crippen molar-refractivity contribution in [1.82, 2.24) is 5.32 Å². The zero-order valence-electron chi connectivity index (χ0n) is 12.8. The Morgan fingerprint density at radius 2 is 1.91 bits per heavy atom. The van der Waals surface area contributed by atoms with Crippen molar-refractivity contribution in [2.45, 2.75) is 19.6 Å². The molecule has 0 radical (unpaired) electrons. The van der Waals surface area contributed by atoms with Crippen LogP contribution in [0.2, 0.25) is 0 Å². The molecule has 0 aromatic heterocycles. The van der Waals surface area contributed by atoms with Gasteiger partial charge >= 0.3 is 0 Å². The number of para-hydroxylation sites is 1. The number of nitrogens with one attached hydrogen (secondary N) is 1. The highest BCUT2D eigenvalue weighted by Gasteiger charge is 2.16. The summed E-state index contributed by atoms with van der Waals surface area (Å²) in [6, 6.07) is 13.1. The molecule has 0 aliphatic heterocycles. The fraction of sp³-hybridized carbons (Fsp3) is 0.235. The summed E-state index contributed by atoms with van der Waals surface area (Å²) in [5.74, 6) is 1.18. The maximum atomic E-state index is 12.2. The molecular formula is C17H17Br2NO3. The normalized spacial score (nSPS) is 11.7. The molecule has 0 heterocycles. The van der Waals surface area contributed by atoms with Crippen LogP contribution in [0.5, 0.6) is 11.5 Å². The quantitative estimate of drug-likeness (QED) is 0.725. The van der Waals surface area contributed by atoms with E-state index in [1.807, 2.05) is 36.4 Å². The van der Waals surface area contributed by atoms with E-state index in [4.69, 9.17) is 9.47 Å². The van der Waals surface area contributed by atoms with E-state index in [0.717, 1.165) is 20.3 Å². The third-order valence-corrected chi connectivity index (χ3v) is 4.33. The highest BCUT2D eigenvalue weighted by molar-refractivity contribution is 9.11. The fourth-order valence-electron chi connectivity index (χ4n) is 1.99. The van der Waals surface area contributed by atoms with Gasteiger partial charge in [0.25, 0.3) is 5.91 Å². The zero-order chi connectivity index (χ0) is 16.8. The first kappa shape index (κ1) is 17.8. The van der Waals surface area contributed by atoms with Gasteiger partial charge in [0.15, 0.2) is 6.10 Å². The first-order valence-corrected chi connectivity index (χ1v) is 8.61. The molecule has 1 unspecified atom stereocenters. The van der Waals surface area contributed by atoms with E-state index in [0.29, 0.717) is 12.3 Å². The van der Waals surface area contributed by atoms with Crippen molar-refractivity contribution in [3.8, 4) is 11.5 Å². The second-order valence-electron chi connectivity index (χ2n) is 4.86. The number of benzene rings is 2. The molecule has 2 aromatic carbocycles. The average Bonchev–Trinajstić information content (AvgIpc) is 2.55. The first-order valence-electron chi connectivity index (χ1n) is 7.02. The Kier molecular flexibility index (Phi) is 6.47. The number of hydrogen-bond acceptors (Lipinski definition) is 3. The topological polar surface area (TPSA) is 47.6 Å². The van der Waals surface area contributed by atoms with Crippen LogP contribution in [0, 0.1) is 0 Å². The number of amides is 1. The minimum Gasteiger partial charge on any atom is -0.496 e. The molecular weight excluding hydrogens is 426 g/mol. The summed E-state index contributed by atoms with van der Waals surface area (Å²) >= 11 is 6.80. The molecule has 0 spiro atoms. The molecule has 1 N–H and O–H groups in total. The molecule has 0 saturated heterocycles. The predicted octanol–water partition coefficient (Wildman–Crippen LogP) is 4.30. The van der Waals surface area contributed by atoms with Crippen molar-refractivity contribution in [2.24, 2.45) is 0 Å². The van der Waals surface area contributed by atoms with Gasteiger partial charge in [0.05, 0.1) is 11.6 Å². The summed E-state index contributed by atoms with van der Waals surface area (Å²) in [6.07, 6.45) is -0.609. The lowest BCUT2D eigenvalue weighted by molar-refractivity contribution is -0.127. The number of carbonyl (C=O) groups excluding carboxylic acids is 1. The second kappa shape index (κ2) is 8.36. The number of carbonyl (C=O) groups is 1. The highest BCUT2D eigenvalue weighted by atomic mass is 79.9. The van der Waals surface area contributed by atoms with Crippen LogP contribution in [-0.2, 0) is 11.3 Å². The molecule has 4 nitrogen and oxygen atoms in total.